The Morgan fingerprint density at radius 3 is 2.23 bits per heavy atom. The van der Waals surface area contributed by atoms with Crippen LogP contribution in [0.3, 0.4) is 0 Å². The van der Waals surface area contributed by atoms with Crippen LogP contribution in [0.5, 0.6) is 0 Å². The van der Waals surface area contributed by atoms with E-state index < -0.39 is 0 Å². The summed E-state index contributed by atoms with van der Waals surface area (Å²) in [6.45, 7) is 0. The van der Waals surface area contributed by atoms with Crippen LogP contribution in [-0.4, -0.2) is 9.55 Å². The van der Waals surface area contributed by atoms with Gasteiger partial charge in [-0.25, -0.2) is 0 Å². The van der Waals surface area contributed by atoms with Crippen LogP contribution in [0, 0.1) is 0 Å². The van der Waals surface area contributed by atoms with Crippen molar-refractivity contribution < 1.29 is 0 Å². The fourth-order valence-corrected chi connectivity index (χ4v) is 8.60. The summed E-state index contributed by atoms with van der Waals surface area (Å²) in [6, 6.07) is 41.8. The van der Waals surface area contributed by atoms with E-state index in [0.29, 0.717) is 0 Å². The summed E-state index contributed by atoms with van der Waals surface area (Å²) in [7, 11) is 0. The molecule has 0 unspecified atom stereocenters. The molecule has 4 aromatic heterocycles. The number of pyridine rings is 1. The second-order valence-electron chi connectivity index (χ2n) is 9.97. The molecule has 0 saturated carbocycles. The third-order valence-corrected chi connectivity index (χ3v) is 10.3. The van der Waals surface area contributed by atoms with Crippen molar-refractivity contribution in [3.63, 3.8) is 0 Å². The Balaban J connectivity index is 1.41. The lowest BCUT2D eigenvalue weighted by Crippen LogP contribution is -1.93. The topological polar surface area (TPSA) is 17.8 Å². The minimum Gasteiger partial charge on any atom is -0.306 e. The normalized spacial score (nSPS) is 12.1. The molecule has 4 heterocycles. The van der Waals surface area contributed by atoms with Gasteiger partial charge in [0.25, 0.3) is 0 Å². The van der Waals surface area contributed by atoms with Gasteiger partial charge in [0, 0.05) is 47.2 Å². The van der Waals surface area contributed by atoms with Gasteiger partial charge in [-0.05, 0) is 47.5 Å². The molecule has 9 aromatic rings. The maximum absolute atomic E-state index is 4.89. The predicted molar refractivity (Wildman–Crippen MR) is 170 cm³/mol. The number of aromatic nitrogens is 2. The number of hydrogen-bond acceptors (Lipinski definition) is 3. The molecule has 0 saturated heterocycles. The molecular formula is C35H20N2S2. The Bertz CT molecular complexity index is 2390. The van der Waals surface area contributed by atoms with Gasteiger partial charge in [0.15, 0.2) is 0 Å². The van der Waals surface area contributed by atoms with Gasteiger partial charge < -0.3 is 4.57 Å². The van der Waals surface area contributed by atoms with Gasteiger partial charge >= 0.3 is 0 Å². The van der Waals surface area contributed by atoms with Crippen LogP contribution < -0.4 is 0 Å². The first-order chi connectivity index (χ1) is 19.3. The molecular weight excluding hydrogens is 513 g/mol. The van der Waals surface area contributed by atoms with Crippen LogP contribution in [0.25, 0.3) is 79.1 Å². The van der Waals surface area contributed by atoms with Gasteiger partial charge in [-0.3, -0.25) is 4.98 Å². The van der Waals surface area contributed by atoms with Crippen LogP contribution in [0.15, 0.2) is 121 Å². The second-order valence-corrected chi connectivity index (χ2v) is 12.1. The minimum atomic E-state index is 1.05. The smallest absolute Gasteiger partial charge is 0.0963 e. The molecule has 0 N–H and O–H groups in total. The number of nitrogens with zero attached hydrogens (tertiary/aromatic N) is 2. The molecule has 4 heteroatoms. The average Bonchev–Trinajstić information content (AvgIpc) is 3.65. The highest BCUT2D eigenvalue weighted by atomic mass is 32.1. The fourth-order valence-electron chi connectivity index (χ4n) is 6.14. The van der Waals surface area contributed by atoms with Gasteiger partial charge in [-0.1, -0.05) is 78.9 Å². The van der Waals surface area contributed by atoms with Crippen LogP contribution in [0.2, 0.25) is 0 Å². The van der Waals surface area contributed by atoms with Crippen molar-refractivity contribution in [2.45, 2.75) is 0 Å². The van der Waals surface area contributed by atoms with Crippen molar-refractivity contribution in [2.24, 2.45) is 0 Å². The van der Waals surface area contributed by atoms with Gasteiger partial charge in [-0.2, -0.15) is 0 Å². The molecule has 0 aliphatic carbocycles. The van der Waals surface area contributed by atoms with Crippen LogP contribution in [-0.2, 0) is 0 Å². The van der Waals surface area contributed by atoms with Crippen LogP contribution in [0.1, 0.15) is 0 Å². The molecule has 0 amide bonds. The third kappa shape index (κ3) is 2.98. The highest BCUT2D eigenvalue weighted by Gasteiger charge is 2.19. The molecule has 0 fully saturated rings. The lowest BCUT2D eigenvalue weighted by atomic mass is 10.0. The molecule has 0 spiro atoms. The monoisotopic (exact) mass is 532 g/mol. The number of thiophene rings is 2. The van der Waals surface area contributed by atoms with Gasteiger partial charge in [-0.15, -0.1) is 22.7 Å². The van der Waals surface area contributed by atoms with Gasteiger partial charge in [0.2, 0.25) is 0 Å². The highest BCUT2D eigenvalue weighted by molar-refractivity contribution is 7.27. The first kappa shape index (κ1) is 21.4. The van der Waals surface area contributed by atoms with Crippen molar-refractivity contribution in [3.8, 4) is 16.8 Å². The Hall–Kier alpha value is -4.51. The zero-order valence-corrected chi connectivity index (χ0v) is 22.4. The van der Waals surface area contributed by atoms with E-state index in [-0.39, 0.29) is 0 Å². The highest BCUT2D eigenvalue weighted by Crippen LogP contribution is 2.45. The van der Waals surface area contributed by atoms with Crippen LogP contribution in [0.4, 0.5) is 0 Å². The number of hydrogen-bond donors (Lipinski definition) is 0. The third-order valence-electron chi connectivity index (χ3n) is 7.85. The Kier molecular flexibility index (Phi) is 4.39. The molecule has 5 aromatic carbocycles. The van der Waals surface area contributed by atoms with E-state index in [1.165, 1.54) is 68.1 Å². The largest absolute Gasteiger partial charge is 0.306 e. The summed E-state index contributed by atoms with van der Waals surface area (Å²) in [5, 5.41) is 6.43. The Labute approximate surface area is 232 Å². The first-order valence-corrected chi connectivity index (χ1v) is 14.7. The minimum absolute atomic E-state index is 1.05. The molecule has 2 nitrogen and oxygen atoms in total. The van der Waals surface area contributed by atoms with Crippen molar-refractivity contribution in [3.05, 3.63) is 121 Å². The quantitative estimate of drug-likeness (QED) is 0.216. The summed E-state index contributed by atoms with van der Waals surface area (Å²) in [6.07, 6.45) is 1.91. The summed E-state index contributed by atoms with van der Waals surface area (Å²) < 4.78 is 7.69. The van der Waals surface area contributed by atoms with E-state index in [1.54, 1.807) is 0 Å². The molecule has 9 rings (SSSR count). The van der Waals surface area contributed by atoms with Gasteiger partial charge in [0.05, 0.1) is 26.9 Å². The molecule has 39 heavy (non-hydrogen) atoms. The van der Waals surface area contributed by atoms with Crippen molar-refractivity contribution >= 4 is 85.0 Å². The Morgan fingerprint density at radius 2 is 1.31 bits per heavy atom. The van der Waals surface area contributed by atoms with E-state index in [1.807, 2.05) is 34.9 Å². The van der Waals surface area contributed by atoms with Gasteiger partial charge in [0.1, 0.15) is 0 Å². The van der Waals surface area contributed by atoms with Crippen molar-refractivity contribution in [1.29, 1.82) is 0 Å². The molecule has 0 atom stereocenters. The predicted octanol–water partition coefficient (Wildman–Crippen LogP) is 10.6. The van der Waals surface area contributed by atoms with E-state index in [2.05, 4.69) is 114 Å². The lowest BCUT2D eigenvalue weighted by Gasteiger charge is -2.09. The molecule has 0 aliphatic heterocycles. The zero-order valence-electron chi connectivity index (χ0n) is 20.8. The summed E-state index contributed by atoms with van der Waals surface area (Å²) in [5.74, 6) is 0. The molecule has 0 radical (unpaired) electrons. The summed E-state index contributed by atoms with van der Waals surface area (Å²) >= 11 is 3.76. The Morgan fingerprint density at radius 1 is 0.513 bits per heavy atom. The summed E-state index contributed by atoms with van der Waals surface area (Å²) in [4.78, 5) is 4.89. The number of benzene rings is 5. The zero-order chi connectivity index (χ0) is 25.5. The fraction of sp³-hybridized carbons (Fsp3) is 0. The van der Waals surface area contributed by atoms with E-state index >= 15 is 0 Å². The van der Waals surface area contributed by atoms with Crippen LogP contribution >= 0.6 is 22.7 Å². The standard InChI is InChI=1S/C35H20N2S2/c1-2-9-21(10-3-1)22-12-6-13-24-25-14-7-15-29(35(25)39-34(22)24)37-28-16-8-18-36-33(28)27-19-26-23-11-4-5-17-31(23)38-32(26)20-30(27)37/h1-20H. The molecule has 182 valence electrons. The maximum atomic E-state index is 4.89. The number of rotatable bonds is 2. The van der Waals surface area contributed by atoms with E-state index in [4.69, 9.17) is 4.98 Å². The van der Waals surface area contributed by atoms with Crippen molar-refractivity contribution in [1.82, 2.24) is 9.55 Å². The van der Waals surface area contributed by atoms with Crippen molar-refractivity contribution in [2.75, 3.05) is 0 Å². The SMILES string of the molecule is c1ccc(-c2cccc3c2sc2c(-n4c5cc6sc7ccccc7c6cc5c5ncccc54)cccc23)cc1. The molecule has 0 aliphatic rings. The van der Waals surface area contributed by atoms with E-state index in [0.717, 1.165) is 11.0 Å². The first-order valence-electron chi connectivity index (χ1n) is 13.1. The molecule has 0 bridgehead atoms. The average molecular weight is 533 g/mol. The number of fused-ring (bicyclic) bond motifs is 9. The van der Waals surface area contributed by atoms with E-state index in [9.17, 15) is 0 Å². The maximum Gasteiger partial charge on any atom is 0.0963 e. The second kappa shape index (κ2) is 8.00. The lowest BCUT2D eigenvalue weighted by molar-refractivity contribution is 1.20. The summed E-state index contributed by atoms with van der Waals surface area (Å²) in [5.41, 5.74) is 7.15.